The zero-order valence-corrected chi connectivity index (χ0v) is 40.3. The van der Waals surface area contributed by atoms with Crippen LogP contribution in [0.25, 0.3) is 10.4 Å². The molecule has 0 aliphatic carbocycles. The van der Waals surface area contributed by atoms with E-state index >= 15 is 0 Å². The quantitative estimate of drug-likeness (QED) is 0.0550. The summed E-state index contributed by atoms with van der Waals surface area (Å²) in [5.41, 5.74) is 13.2. The number of benzene rings is 2. The Balaban J connectivity index is 0.000000395. The fourth-order valence-electron chi connectivity index (χ4n) is 6.21. The van der Waals surface area contributed by atoms with Gasteiger partial charge in [0.1, 0.15) is 13.1 Å². The number of anilines is 2. The molecule has 2 radical (unpaired) electrons. The minimum absolute atomic E-state index is 0. The Bertz CT molecular complexity index is 2150. The van der Waals surface area contributed by atoms with E-state index in [4.69, 9.17) is 80.6 Å². The first-order valence-corrected chi connectivity index (χ1v) is 26.9. The summed E-state index contributed by atoms with van der Waals surface area (Å²) in [7, 11) is 10.9. The van der Waals surface area contributed by atoms with Gasteiger partial charge in [0.25, 0.3) is 0 Å². The van der Waals surface area contributed by atoms with Crippen LogP contribution in [0.15, 0.2) is 53.6 Å². The summed E-state index contributed by atoms with van der Waals surface area (Å²) < 4.78 is 80.1. The number of rotatable bonds is 9. The second-order valence-electron chi connectivity index (χ2n) is 12.9. The molecule has 4 heterocycles. The summed E-state index contributed by atoms with van der Waals surface area (Å²) >= 11 is 22.5. The topological polar surface area (TPSA) is 178 Å². The van der Waals surface area contributed by atoms with Crippen molar-refractivity contribution >= 4 is 106 Å². The van der Waals surface area contributed by atoms with Crippen molar-refractivity contribution in [2.45, 2.75) is 46.0 Å². The normalized spacial score (nSPS) is 13.9. The summed E-state index contributed by atoms with van der Waals surface area (Å²) in [5.74, 6) is -0.737. The molecule has 352 valence electrons. The standard InChI is InChI=1S/C17H16Cl2F3N7O.C17H18Cl2F3N5O.CH4O.CH4.2ClH.Sn/c18-11-1-3-12(4-2-11)27-5-7-28(8-6-27)14(30)10-29-13(9-24-26-23)15(19)16(25-29)17(20,21)22;18-11-1-3-12(4-2-11)25-5-7-26(8-6-25)14(28)10-27-13(9-23)15(19)16(24-27)17(20,21)22;1-2;;;;/h1-4H,5-10H2;1-4H,5-10,23H2;2H,1H3;1H4;2*1H;/q;;;;;;+2/p-2. The average Bonchev–Trinajstić information content (AvgIpc) is 3.76. The van der Waals surface area contributed by atoms with Crippen molar-refractivity contribution in [2.75, 3.05) is 69.3 Å². The molecule has 3 N–H and O–H groups in total. The first-order valence-electron chi connectivity index (χ1n) is 18.2. The largest absolute Gasteiger partial charge is 0.436 e. The summed E-state index contributed by atoms with van der Waals surface area (Å²) in [6.07, 6.45) is -9.50. The molecule has 0 spiro atoms. The molecule has 0 bridgehead atoms. The minimum Gasteiger partial charge on any atom is -0.368 e. The van der Waals surface area contributed by atoms with Crippen molar-refractivity contribution in [2.24, 2.45) is 10.8 Å². The predicted octanol–water partition coefficient (Wildman–Crippen LogP) is 8.63. The zero-order chi connectivity index (χ0) is 47.1. The number of aromatic nitrogens is 4. The van der Waals surface area contributed by atoms with Gasteiger partial charge in [-0.2, -0.15) is 36.5 Å². The maximum Gasteiger partial charge on any atom is 0.436 e. The van der Waals surface area contributed by atoms with Gasteiger partial charge in [-0.15, -0.1) is 0 Å². The van der Waals surface area contributed by atoms with Crippen LogP contribution in [0, 0.1) is 0 Å². The molecule has 2 fully saturated rings. The van der Waals surface area contributed by atoms with Crippen LogP contribution in [0.4, 0.5) is 37.7 Å². The van der Waals surface area contributed by atoms with Crippen LogP contribution < -0.4 is 15.5 Å². The smallest absolute Gasteiger partial charge is 0.368 e. The number of halogens is 12. The number of hydrogen-bond acceptors (Lipinski definition) is 9. The summed E-state index contributed by atoms with van der Waals surface area (Å²) in [4.78, 5) is 35.1. The molecule has 4 aromatic rings. The number of nitrogens with two attached hydrogens (primary N) is 1. The molecule has 2 saturated heterocycles. The molecule has 2 aromatic heterocycles. The fourth-order valence-corrected chi connectivity index (χ4v) is 7.08. The van der Waals surface area contributed by atoms with Gasteiger partial charge in [-0.1, -0.05) is 58.9 Å². The molecule has 15 nitrogen and oxygen atoms in total. The summed E-state index contributed by atoms with van der Waals surface area (Å²) in [6.45, 7) is 2.53. The van der Waals surface area contributed by atoms with Crippen molar-refractivity contribution in [3.63, 3.8) is 0 Å². The van der Waals surface area contributed by atoms with E-state index in [9.17, 15) is 35.9 Å². The Hall–Kier alpha value is -3.25. The second kappa shape index (κ2) is 26.8. The van der Waals surface area contributed by atoms with E-state index in [-0.39, 0.29) is 37.8 Å². The molecular weight excluding hydrogens is 1090 g/mol. The molecule has 28 heteroatoms. The molecule has 2 aromatic carbocycles. The number of carbonyl (C=O) groups is 2. The SMILES string of the molecule is C.CO.NCc1c(Cl)c(C(F)(F)F)nn1CC(=O)N1CCN(c2ccc(Cl)cc2)CC1.[Cl][Sn][Cl].[N-]=[N+]=NCc1c(Cl)c(C(F)(F)F)nn1CC(=O)N1CCN(c2ccc(Cl)cc2)CC1. The van der Waals surface area contributed by atoms with Crippen molar-refractivity contribution < 1.29 is 41.0 Å². The number of nitrogens with zero attached hydrogens (tertiary/aromatic N) is 11. The van der Waals surface area contributed by atoms with E-state index in [1.807, 2.05) is 24.3 Å². The number of aliphatic hydroxyl groups excluding tert-OH is 1. The van der Waals surface area contributed by atoms with E-state index in [0.717, 1.165) is 27.8 Å². The van der Waals surface area contributed by atoms with Crippen molar-refractivity contribution in [1.82, 2.24) is 29.4 Å². The zero-order valence-electron chi connectivity index (χ0n) is 32.9. The summed E-state index contributed by atoms with van der Waals surface area (Å²) in [5, 5.41) is 17.2. The van der Waals surface area contributed by atoms with Crippen molar-refractivity contribution in [1.29, 1.82) is 0 Å². The number of aliphatic hydroxyl groups is 1. The number of alkyl halides is 6. The van der Waals surface area contributed by atoms with Crippen LogP contribution in [0.3, 0.4) is 0 Å². The van der Waals surface area contributed by atoms with E-state index in [2.05, 4.69) is 30.0 Å². The van der Waals surface area contributed by atoms with Gasteiger partial charge in [-0.05, 0) is 54.1 Å². The minimum atomic E-state index is -4.79. The number of azide groups is 1. The third-order valence-corrected chi connectivity index (χ3v) is 10.5. The molecule has 0 atom stereocenters. The molecule has 0 saturated carbocycles. The Morgan fingerprint density at radius 2 is 1.03 bits per heavy atom. The van der Waals surface area contributed by atoms with Crippen LogP contribution in [-0.4, -0.2) is 125 Å². The van der Waals surface area contributed by atoms with E-state index < -0.39 is 71.7 Å². The second-order valence-corrected chi connectivity index (χ2v) is 18.8. The number of amides is 2. The fraction of sp³-hybridized carbons (Fsp3) is 0.444. The van der Waals surface area contributed by atoms with Gasteiger partial charge in [0.05, 0.1) is 28.0 Å². The van der Waals surface area contributed by atoms with Gasteiger partial charge in [0.2, 0.25) is 11.8 Å². The van der Waals surface area contributed by atoms with E-state index in [1.165, 1.54) is 0 Å². The molecule has 2 amide bonds. The van der Waals surface area contributed by atoms with Crippen molar-refractivity contribution in [3.05, 3.63) is 102 Å². The van der Waals surface area contributed by atoms with Gasteiger partial charge in [0.15, 0.2) is 11.4 Å². The Labute approximate surface area is 402 Å². The Kier molecular flexibility index (Phi) is 23.8. The van der Waals surface area contributed by atoms with Gasteiger partial charge in [-0.3, -0.25) is 19.0 Å². The number of piperazine rings is 2. The Morgan fingerprint density at radius 1 is 0.703 bits per heavy atom. The van der Waals surface area contributed by atoms with Gasteiger partial charge >= 0.3 is 49.1 Å². The third kappa shape index (κ3) is 16.0. The van der Waals surface area contributed by atoms with Gasteiger partial charge in [-0.25, -0.2) is 0 Å². The monoisotopic (exact) mass is 1130 g/mol. The number of hydrogen-bond donors (Lipinski definition) is 2. The van der Waals surface area contributed by atoms with Crippen LogP contribution in [0.1, 0.15) is 30.2 Å². The Morgan fingerprint density at radius 3 is 1.34 bits per heavy atom. The average molecular weight is 1140 g/mol. The van der Waals surface area contributed by atoms with Crippen LogP contribution in [0.2, 0.25) is 20.1 Å². The molecule has 0 unspecified atom stereocenters. The van der Waals surface area contributed by atoms with Crippen LogP contribution in [0.5, 0.6) is 0 Å². The van der Waals surface area contributed by atoms with E-state index in [0.29, 0.717) is 62.4 Å². The molecule has 2 aliphatic rings. The first kappa shape index (κ1) is 56.9. The maximum absolute atomic E-state index is 13.1. The molecule has 6 rings (SSSR count). The van der Waals surface area contributed by atoms with E-state index in [1.54, 1.807) is 34.1 Å². The van der Waals surface area contributed by atoms with Gasteiger partial charge in [0, 0.05) is 92.3 Å². The molecular formula is C36H42Cl6F6N12O3Sn. The summed E-state index contributed by atoms with van der Waals surface area (Å²) in [6, 6.07) is 14.7. The van der Waals surface area contributed by atoms with Gasteiger partial charge < -0.3 is 30.4 Å². The van der Waals surface area contributed by atoms with Crippen LogP contribution >= 0.6 is 64.2 Å². The number of carbonyl (C=O) groups excluding carboxylic acids is 2. The third-order valence-electron chi connectivity index (χ3n) is 9.22. The predicted molar refractivity (Wildman–Crippen MR) is 238 cm³/mol. The molecule has 64 heavy (non-hydrogen) atoms. The molecule has 2 aliphatic heterocycles. The van der Waals surface area contributed by atoms with Crippen LogP contribution in [-0.2, 0) is 48.1 Å². The van der Waals surface area contributed by atoms with Crippen molar-refractivity contribution in [3.8, 4) is 0 Å². The first-order chi connectivity index (χ1) is 29.8. The maximum atomic E-state index is 13.1.